The van der Waals surface area contributed by atoms with E-state index < -0.39 is 12.1 Å². The molecule has 0 aromatic heterocycles. The monoisotopic (exact) mass is 203 g/mol. The molecular weight excluding hydrogens is 190 g/mol. The zero-order valence-corrected chi connectivity index (χ0v) is 8.13. The summed E-state index contributed by atoms with van der Waals surface area (Å²) in [4.78, 5) is 12.9. The Balaban J connectivity index is 1.87. The van der Waals surface area contributed by atoms with Gasteiger partial charge in [0, 0.05) is 30.6 Å². The SMILES string of the molecule is O=C(O)C1CN(C2CSC2)CCO1. The number of carbonyl (C=O) groups is 1. The molecule has 0 aromatic carbocycles. The van der Waals surface area contributed by atoms with E-state index in [1.807, 2.05) is 11.8 Å². The highest BCUT2D eigenvalue weighted by molar-refractivity contribution is 8.00. The molecule has 1 atom stereocenters. The molecular formula is C8H13NO3S. The lowest BCUT2D eigenvalue weighted by Gasteiger charge is -2.40. The van der Waals surface area contributed by atoms with Crippen LogP contribution in [0.2, 0.25) is 0 Å². The van der Waals surface area contributed by atoms with E-state index in [1.54, 1.807) is 0 Å². The normalized spacial score (nSPS) is 31.2. The van der Waals surface area contributed by atoms with Crippen molar-refractivity contribution in [2.24, 2.45) is 0 Å². The summed E-state index contributed by atoms with van der Waals surface area (Å²) in [5, 5.41) is 8.77. The minimum absolute atomic E-state index is 0.554. The van der Waals surface area contributed by atoms with Crippen molar-refractivity contribution in [1.82, 2.24) is 4.90 Å². The number of aliphatic carboxylic acids is 1. The molecule has 0 aliphatic carbocycles. The first-order valence-corrected chi connectivity index (χ1v) is 5.59. The van der Waals surface area contributed by atoms with Gasteiger partial charge >= 0.3 is 5.97 Å². The number of hydrogen-bond acceptors (Lipinski definition) is 4. The zero-order valence-electron chi connectivity index (χ0n) is 7.31. The highest BCUT2D eigenvalue weighted by atomic mass is 32.2. The molecule has 0 spiro atoms. The number of hydrogen-bond donors (Lipinski definition) is 1. The number of carboxylic acids is 1. The fourth-order valence-corrected chi connectivity index (χ4v) is 2.45. The second kappa shape index (κ2) is 3.86. The number of ether oxygens (including phenoxy) is 1. The maximum Gasteiger partial charge on any atom is 0.334 e. The second-order valence-corrected chi connectivity index (χ2v) is 4.46. The van der Waals surface area contributed by atoms with Gasteiger partial charge in [0.05, 0.1) is 6.61 Å². The summed E-state index contributed by atoms with van der Waals surface area (Å²) in [5.74, 6) is 1.45. The molecule has 4 nitrogen and oxygen atoms in total. The van der Waals surface area contributed by atoms with Gasteiger partial charge < -0.3 is 9.84 Å². The van der Waals surface area contributed by atoms with Crippen LogP contribution in [0.25, 0.3) is 0 Å². The lowest BCUT2D eigenvalue weighted by molar-refractivity contribution is -0.156. The molecule has 5 heteroatoms. The fraction of sp³-hybridized carbons (Fsp3) is 0.875. The first kappa shape index (κ1) is 9.30. The van der Waals surface area contributed by atoms with Crippen LogP contribution < -0.4 is 0 Å². The number of morpholine rings is 1. The van der Waals surface area contributed by atoms with Crippen molar-refractivity contribution in [2.45, 2.75) is 12.1 Å². The van der Waals surface area contributed by atoms with Crippen molar-refractivity contribution < 1.29 is 14.6 Å². The first-order chi connectivity index (χ1) is 6.27. The van der Waals surface area contributed by atoms with Gasteiger partial charge in [0.15, 0.2) is 6.10 Å². The van der Waals surface area contributed by atoms with E-state index in [0.29, 0.717) is 19.2 Å². The zero-order chi connectivity index (χ0) is 9.26. The smallest absolute Gasteiger partial charge is 0.334 e. The van der Waals surface area contributed by atoms with Crippen molar-refractivity contribution in [3.05, 3.63) is 0 Å². The van der Waals surface area contributed by atoms with Crippen LogP contribution in [-0.4, -0.2) is 59.3 Å². The molecule has 2 saturated heterocycles. The molecule has 13 heavy (non-hydrogen) atoms. The Hall–Kier alpha value is -0.260. The van der Waals surface area contributed by atoms with Crippen molar-refractivity contribution in [1.29, 1.82) is 0 Å². The van der Waals surface area contributed by atoms with Gasteiger partial charge in [0.2, 0.25) is 0 Å². The Labute approximate surface area is 81.2 Å². The summed E-state index contributed by atoms with van der Waals surface area (Å²) in [6, 6.07) is 0.593. The summed E-state index contributed by atoms with van der Waals surface area (Å²) in [6.45, 7) is 1.99. The quantitative estimate of drug-likeness (QED) is 0.678. The largest absolute Gasteiger partial charge is 0.479 e. The van der Waals surface area contributed by atoms with Gasteiger partial charge in [-0.3, -0.25) is 4.90 Å². The number of thioether (sulfide) groups is 1. The summed E-state index contributed by atoms with van der Waals surface area (Å²) >= 11 is 1.92. The maximum atomic E-state index is 10.7. The van der Waals surface area contributed by atoms with Crippen LogP contribution in [0, 0.1) is 0 Å². The molecule has 0 bridgehead atoms. The molecule has 1 N–H and O–H groups in total. The average Bonchev–Trinajstić information content (AvgIpc) is 2.01. The van der Waals surface area contributed by atoms with Gasteiger partial charge in [-0.2, -0.15) is 11.8 Å². The van der Waals surface area contributed by atoms with Gasteiger partial charge in [-0.25, -0.2) is 4.79 Å². The third kappa shape index (κ3) is 1.98. The Morgan fingerprint density at radius 3 is 2.85 bits per heavy atom. The van der Waals surface area contributed by atoms with Crippen LogP contribution in [0.15, 0.2) is 0 Å². The highest BCUT2D eigenvalue weighted by Crippen LogP contribution is 2.24. The van der Waals surface area contributed by atoms with Crippen molar-refractivity contribution in [3.8, 4) is 0 Å². The van der Waals surface area contributed by atoms with E-state index in [1.165, 1.54) is 0 Å². The van der Waals surface area contributed by atoms with E-state index >= 15 is 0 Å². The van der Waals surface area contributed by atoms with Gasteiger partial charge in [-0.1, -0.05) is 0 Å². The minimum Gasteiger partial charge on any atom is -0.479 e. The van der Waals surface area contributed by atoms with Gasteiger partial charge in [-0.05, 0) is 0 Å². The Morgan fingerprint density at radius 1 is 1.54 bits per heavy atom. The van der Waals surface area contributed by atoms with Gasteiger partial charge in [-0.15, -0.1) is 0 Å². The molecule has 1 unspecified atom stereocenters. The molecule has 2 rings (SSSR count). The highest BCUT2D eigenvalue weighted by Gasteiger charge is 2.33. The van der Waals surface area contributed by atoms with Crippen molar-refractivity contribution in [2.75, 3.05) is 31.2 Å². The van der Waals surface area contributed by atoms with Crippen LogP contribution in [0.5, 0.6) is 0 Å². The summed E-state index contributed by atoms with van der Waals surface area (Å²) in [7, 11) is 0. The van der Waals surface area contributed by atoms with Gasteiger partial charge in [0.25, 0.3) is 0 Å². The summed E-state index contributed by atoms with van der Waals surface area (Å²) < 4.78 is 5.14. The van der Waals surface area contributed by atoms with Crippen LogP contribution in [0.3, 0.4) is 0 Å². The average molecular weight is 203 g/mol. The van der Waals surface area contributed by atoms with E-state index in [-0.39, 0.29) is 0 Å². The third-order valence-corrected chi connectivity index (χ3v) is 3.75. The first-order valence-electron chi connectivity index (χ1n) is 4.43. The third-order valence-electron chi connectivity index (χ3n) is 2.51. The molecule has 0 radical (unpaired) electrons. The molecule has 2 aliphatic rings. The lowest BCUT2D eigenvalue weighted by atomic mass is 10.2. The predicted molar refractivity (Wildman–Crippen MR) is 50.1 cm³/mol. The van der Waals surface area contributed by atoms with Crippen LogP contribution >= 0.6 is 11.8 Å². The predicted octanol–water partition coefficient (Wildman–Crippen LogP) is -0.113. The minimum atomic E-state index is -0.836. The van der Waals surface area contributed by atoms with Crippen molar-refractivity contribution >= 4 is 17.7 Å². The summed E-state index contributed by atoms with van der Waals surface area (Å²) in [6.07, 6.45) is -0.612. The van der Waals surface area contributed by atoms with Crippen molar-refractivity contribution in [3.63, 3.8) is 0 Å². The van der Waals surface area contributed by atoms with Crippen LogP contribution in [-0.2, 0) is 9.53 Å². The van der Waals surface area contributed by atoms with E-state index in [9.17, 15) is 4.79 Å². The Bertz CT molecular complexity index is 208. The fourth-order valence-electron chi connectivity index (χ4n) is 1.58. The number of nitrogens with zero attached hydrogens (tertiary/aromatic N) is 1. The molecule has 2 heterocycles. The van der Waals surface area contributed by atoms with Crippen LogP contribution in [0.1, 0.15) is 0 Å². The standard InChI is InChI=1S/C8H13NO3S/c10-8(11)7-3-9(1-2-12-7)6-4-13-5-6/h6-7H,1-5H2,(H,10,11). The molecule has 0 saturated carbocycles. The second-order valence-electron chi connectivity index (χ2n) is 3.38. The molecule has 0 amide bonds. The Morgan fingerprint density at radius 2 is 2.31 bits per heavy atom. The number of carboxylic acid groups (broad SMARTS) is 1. The van der Waals surface area contributed by atoms with E-state index in [0.717, 1.165) is 18.1 Å². The Kier molecular flexibility index (Phi) is 2.76. The lowest BCUT2D eigenvalue weighted by Crippen LogP contribution is -2.54. The maximum absolute atomic E-state index is 10.7. The number of rotatable bonds is 2. The van der Waals surface area contributed by atoms with E-state index in [2.05, 4.69) is 4.90 Å². The molecule has 74 valence electrons. The molecule has 2 aliphatic heterocycles. The summed E-state index contributed by atoms with van der Waals surface area (Å²) in [5.41, 5.74) is 0. The molecule has 2 fully saturated rings. The molecule has 0 aromatic rings. The van der Waals surface area contributed by atoms with Crippen LogP contribution in [0.4, 0.5) is 0 Å². The van der Waals surface area contributed by atoms with E-state index in [4.69, 9.17) is 9.84 Å². The van der Waals surface area contributed by atoms with Gasteiger partial charge in [0.1, 0.15) is 0 Å². The topological polar surface area (TPSA) is 49.8 Å².